The molecule has 202 valence electrons. The number of ether oxygens (including phenoxy) is 2. The summed E-state index contributed by atoms with van der Waals surface area (Å²) in [4.78, 5) is 27.9. The number of carbonyl (C=O) groups excluding carboxylic acids is 2. The molecule has 0 saturated heterocycles. The smallest absolute Gasteiger partial charge is 0.322 e. The zero-order chi connectivity index (χ0) is 27.6. The summed E-state index contributed by atoms with van der Waals surface area (Å²) in [5, 5.41) is 10.6. The quantitative estimate of drug-likeness (QED) is 0.256. The normalized spacial score (nSPS) is 10.5. The van der Waals surface area contributed by atoms with Crippen LogP contribution in [-0.2, 0) is 4.79 Å². The topological polar surface area (TPSA) is 97.7 Å². The summed E-state index contributed by atoms with van der Waals surface area (Å²) < 4.78 is 12.3. The van der Waals surface area contributed by atoms with Crippen molar-refractivity contribution in [3.8, 4) is 28.4 Å². The predicted octanol–water partition coefficient (Wildman–Crippen LogP) is 5.83. The number of amides is 3. The number of benzene rings is 3. The molecule has 3 aromatic carbocycles. The van der Waals surface area contributed by atoms with Gasteiger partial charge in [0, 0.05) is 18.2 Å². The number of hydrogen-bond donors (Lipinski definition) is 2. The van der Waals surface area contributed by atoms with Crippen molar-refractivity contribution in [2.75, 3.05) is 37.9 Å². The van der Waals surface area contributed by atoms with Gasteiger partial charge in [-0.25, -0.2) is 9.48 Å². The molecule has 0 aliphatic rings. The Balaban J connectivity index is 1.56. The van der Waals surface area contributed by atoms with E-state index in [4.69, 9.17) is 14.6 Å². The molecule has 3 amide bonds. The van der Waals surface area contributed by atoms with Gasteiger partial charge in [-0.3, -0.25) is 4.79 Å². The van der Waals surface area contributed by atoms with Gasteiger partial charge in [0.1, 0.15) is 23.9 Å². The lowest BCUT2D eigenvalue weighted by Crippen LogP contribution is -2.41. The molecule has 4 aromatic rings. The van der Waals surface area contributed by atoms with Crippen LogP contribution >= 0.6 is 0 Å². The molecule has 0 aliphatic carbocycles. The fourth-order valence-electron chi connectivity index (χ4n) is 4.04. The maximum Gasteiger partial charge on any atom is 0.322 e. The largest absolute Gasteiger partial charge is 0.497 e. The van der Waals surface area contributed by atoms with E-state index in [0.717, 1.165) is 24.1 Å². The van der Waals surface area contributed by atoms with Gasteiger partial charge in [-0.1, -0.05) is 55.8 Å². The Hall–Kier alpha value is -4.79. The second-order valence-corrected chi connectivity index (χ2v) is 8.84. The van der Waals surface area contributed by atoms with Gasteiger partial charge in [-0.2, -0.15) is 5.10 Å². The molecule has 0 saturated carbocycles. The average Bonchev–Trinajstić information content (AvgIpc) is 3.39. The number of nitrogens with zero attached hydrogens (tertiary/aromatic N) is 3. The van der Waals surface area contributed by atoms with Crippen LogP contribution in [-0.4, -0.2) is 53.9 Å². The lowest BCUT2D eigenvalue weighted by molar-refractivity contribution is -0.116. The fraction of sp³-hybridized carbons (Fsp3) is 0.233. The number of carbonyl (C=O) groups is 2. The van der Waals surface area contributed by atoms with Crippen LogP contribution in [0.2, 0.25) is 0 Å². The first-order valence-corrected chi connectivity index (χ1v) is 12.8. The highest BCUT2D eigenvalue weighted by molar-refractivity contribution is 5.97. The van der Waals surface area contributed by atoms with E-state index in [1.54, 1.807) is 31.0 Å². The van der Waals surface area contributed by atoms with Gasteiger partial charge >= 0.3 is 6.03 Å². The van der Waals surface area contributed by atoms with Crippen molar-refractivity contribution in [3.05, 3.63) is 84.9 Å². The average molecular weight is 528 g/mol. The molecule has 9 heteroatoms. The van der Waals surface area contributed by atoms with E-state index in [1.165, 1.54) is 4.90 Å². The molecule has 0 atom stereocenters. The predicted molar refractivity (Wildman–Crippen MR) is 153 cm³/mol. The van der Waals surface area contributed by atoms with E-state index in [0.29, 0.717) is 35.2 Å². The van der Waals surface area contributed by atoms with Crippen LogP contribution in [0.5, 0.6) is 11.5 Å². The number of para-hydroxylation sites is 2. The Labute approximate surface area is 228 Å². The second-order valence-electron chi connectivity index (χ2n) is 8.84. The Morgan fingerprint density at radius 3 is 2.31 bits per heavy atom. The SMILES string of the molecule is CCCCN(CC(=O)Nc1cc(-c2ccccc2)nn1-c1ccc(OC)cc1)C(=O)Nc1ccccc1OC. The standard InChI is InChI=1S/C30H33N5O4/c1-4-5-19-34(30(37)31-25-13-9-10-14-27(25)39-3)21-29(36)32-28-20-26(22-11-7-6-8-12-22)33-35(28)23-15-17-24(38-2)18-16-23/h6-18,20H,4-5,19,21H2,1-3H3,(H,31,37)(H,32,36). The molecule has 1 heterocycles. The van der Waals surface area contributed by atoms with Crippen molar-refractivity contribution in [1.82, 2.24) is 14.7 Å². The monoisotopic (exact) mass is 527 g/mol. The van der Waals surface area contributed by atoms with Crippen molar-refractivity contribution >= 4 is 23.4 Å². The van der Waals surface area contributed by atoms with Gasteiger partial charge in [0.15, 0.2) is 0 Å². The van der Waals surface area contributed by atoms with E-state index < -0.39 is 0 Å². The van der Waals surface area contributed by atoms with Gasteiger partial charge in [0.25, 0.3) is 0 Å². The summed E-state index contributed by atoms with van der Waals surface area (Å²) in [6.45, 7) is 2.34. The number of methoxy groups -OCH3 is 2. The van der Waals surface area contributed by atoms with Gasteiger partial charge in [0.2, 0.25) is 5.91 Å². The Morgan fingerprint density at radius 1 is 0.897 bits per heavy atom. The van der Waals surface area contributed by atoms with E-state index in [-0.39, 0.29) is 18.5 Å². The molecule has 1 aromatic heterocycles. The van der Waals surface area contributed by atoms with Crippen LogP contribution in [0.3, 0.4) is 0 Å². The minimum absolute atomic E-state index is 0.130. The number of aromatic nitrogens is 2. The number of hydrogen-bond acceptors (Lipinski definition) is 5. The molecule has 0 spiro atoms. The molecule has 0 fully saturated rings. The first-order chi connectivity index (χ1) is 19.0. The van der Waals surface area contributed by atoms with E-state index >= 15 is 0 Å². The Kier molecular flexibility index (Phi) is 9.18. The fourth-order valence-corrected chi connectivity index (χ4v) is 4.04. The van der Waals surface area contributed by atoms with Gasteiger partial charge in [-0.05, 0) is 42.8 Å². The lowest BCUT2D eigenvalue weighted by Gasteiger charge is -2.23. The summed E-state index contributed by atoms with van der Waals surface area (Å²) >= 11 is 0. The third-order valence-corrected chi connectivity index (χ3v) is 6.12. The minimum atomic E-state index is -0.378. The van der Waals surface area contributed by atoms with Gasteiger partial charge in [0.05, 0.1) is 31.3 Å². The molecule has 4 rings (SSSR count). The van der Waals surface area contributed by atoms with Gasteiger partial charge < -0.3 is 25.0 Å². The highest BCUT2D eigenvalue weighted by atomic mass is 16.5. The summed E-state index contributed by atoms with van der Waals surface area (Å²) in [6, 6.07) is 25.7. The maximum absolute atomic E-state index is 13.3. The zero-order valence-electron chi connectivity index (χ0n) is 22.4. The van der Waals surface area contributed by atoms with Crippen molar-refractivity contribution in [2.24, 2.45) is 0 Å². The third-order valence-electron chi connectivity index (χ3n) is 6.12. The van der Waals surface area contributed by atoms with Crippen molar-refractivity contribution in [3.63, 3.8) is 0 Å². The molecule has 9 nitrogen and oxygen atoms in total. The molecule has 0 aliphatic heterocycles. The molecule has 0 bridgehead atoms. The Bertz CT molecular complexity index is 1390. The first-order valence-electron chi connectivity index (χ1n) is 12.8. The zero-order valence-corrected chi connectivity index (χ0v) is 22.4. The van der Waals surface area contributed by atoms with E-state index in [9.17, 15) is 9.59 Å². The van der Waals surface area contributed by atoms with Crippen LogP contribution in [0, 0.1) is 0 Å². The molecule has 2 N–H and O–H groups in total. The molecule has 39 heavy (non-hydrogen) atoms. The molecular weight excluding hydrogens is 494 g/mol. The minimum Gasteiger partial charge on any atom is -0.497 e. The van der Waals surface area contributed by atoms with E-state index in [1.807, 2.05) is 79.7 Å². The van der Waals surface area contributed by atoms with Crippen LogP contribution < -0.4 is 20.1 Å². The van der Waals surface area contributed by atoms with E-state index in [2.05, 4.69) is 10.6 Å². The number of anilines is 2. The third kappa shape index (κ3) is 6.95. The number of rotatable bonds is 11. The summed E-state index contributed by atoms with van der Waals surface area (Å²) in [5.41, 5.74) is 2.92. The van der Waals surface area contributed by atoms with Crippen molar-refractivity contribution in [1.29, 1.82) is 0 Å². The molecule has 0 radical (unpaired) electrons. The highest BCUT2D eigenvalue weighted by Crippen LogP contribution is 2.26. The highest BCUT2D eigenvalue weighted by Gasteiger charge is 2.20. The first kappa shape index (κ1) is 27.3. The summed E-state index contributed by atoms with van der Waals surface area (Å²) in [7, 11) is 3.15. The number of nitrogens with one attached hydrogen (secondary N) is 2. The van der Waals surface area contributed by atoms with Crippen LogP contribution in [0.1, 0.15) is 19.8 Å². The van der Waals surface area contributed by atoms with Crippen molar-refractivity contribution < 1.29 is 19.1 Å². The van der Waals surface area contributed by atoms with Gasteiger partial charge in [-0.15, -0.1) is 0 Å². The van der Waals surface area contributed by atoms with Crippen LogP contribution in [0.25, 0.3) is 16.9 Å². The van der Waals surface area contributed by atoms with Crippen LogP contribution in [0.4, 0.5) is 16.3 Å². The molecular formula is C30H33N5O4. The second kappa shape index (κ2) is 13.1. The number of urea groups is 1. The summed E-state index contributed by atoms with van der Waals surface area (Å²) in [6.07, 6.45) is 1.64. The maximum atomic E-state index is 13.3. The lowest BCUT2D eigenvalue weighted by atomic mass is 10.1. The van der Waals surface area contributed by atoms with Crippen molar-refractivity contribution in [2.45, 2.75) is 19.8 Å². The molecule has 0 unspecified atom stereocenters. The number of unbranched alkanes of at least 4 members (excludes halogenated alkanes) is 1. The Morgan fingerprint density at radius 2 is 1.62 bits per heavy atom. The summed E-state index contributed by atoms with van der Waals surface area (Å²) in [5.74, 6) is 1.41. The van der Waals surface area contributed by atoms with Crippen LogP contribution in [0.15, 0.2) is 84.9 Å².